The predicted octanol–water partition coefficient (Wildman–Crippen LogP) is 3.54. The molecule has 2 aromatic heterocycles. The fourth-order valence-corrected chi connectivity index (χ4v) is 3.16. The highest BCUT2D eigenvalue weighted by molar-refractivity contribution is 6.31. The van der Waals surface area contributed by atoms with Gasteiger partial charge < -0.3 is 10.6 Å². The number of nitrogens with zero attached hydrogens (tertiary/aromatic N) is 2. The van der Waals surface area contributed by atoms with Gasteiger partial charge in [-0.1, -0.05) is 29.8 Å². The van der Waals surface area contributed by atoms with Crippen LogP contribution in [0.1, 0.15) is 24.1 Å². The monoisotopic (exact) mass is 453 g/mol. The molecule has 0 aliphatic rings. The molecule has 1 aromatic carbocycles. The minimum atomic E-state index is -4.52. The van der Waals surface area contributed by atoms with Gasteiger partial charge in [-0.05, 0) is 25.0 Å². The minimum Gasteiger partial charge on any atom is -0.368 e. The first-order valence-electron chi connectivity index (χ1n) is 9.45. The molecule has 2 heterocycles. The Morgan fingerprint density at radius 1 is 1.16 bits per heavy atom. The molecule has 0 saturated heterocycles. The van der Waals surface area contributed by atoms with E-state index in [-0.39, 0.29) is 35.0 Å². The van der Waals surface area contributed by atoms with E-state index < -0.39 is 11.7 Å². The zero-order valence-electron chi connectivity index (χ0n) is 16.2. The molecule has 7 nitrogen and oxygen atoms in total. The van der Waals surface area contributed by atoms with E-state index in [1.807, 2.05) is 6.07 Å². The molecule has 31 heavy (non-hydrogen) atoms. The van der Waals surface area contributed by atoms with Crippen LogP contribution in [0.15, 0.2) is 41.3 Å². The standard InChI is InChI=1S/C20H19ClF3N5O2/c21-15-10-12(20(22,23)24)11-27-16(15)6-7-17(30)25-8-3-9-26-18-13-4-1-2-5-14(13)19(31)29-28-18/h1-2,4-5,10-11H,3,6-9H2,(H,25,30)(H,26,28)(H,29,31). The van der Waals surface area contributed by atoms with Crippen LogP contribution in [0.2, 0.25) is 5.02 Å². The molecule has 0 bridgehead atoms. The predicted molar refractivity (Wildman–Crippen MR) is 111 cm³/mol. The van der Waals surface area contributed by atoms with Crippen molar-refractivity contribution in [2.45, 2.75) is 25.4 Å². The Bertz CT molecular complexity index is 1130. The van der Waals surface area contributed by atoms with Crippen LogP contribution in [0.5, 0.6) is 0 Å². The molecule has 3 rings (SSSR count). The number of hydrogen-bond acceptors (Lipinski definition) is 5. The van der Waals surface area contributed by atoms with E-state index in [0.29, 0.717) is 42.3 Å². The number of nitrogens with one attached hydrogen (secondary N) is 3. The van der Waals surface area contributed by atoms with E-state index in [1.54, 1.807) is 18.2 Å². The van der Waals surface area contributed by atoms with Crippen molar-refractivity contribution in [3.8, 4) is 0 Å². The number of carbonyl (C=O) groups excluding carboxylic acids is 1. The fraction of sp³-hybridized carbons (Fsp3) is 0.300. The Balaban J connectivity index is 1.41. The fourth-order valence-electron chi connectivity index (χ4n) is 2.90. The zero-order chi connectivity index (χ0) is 22.4. The summed E-state index contributed by atoms with van der Waals surface area (Å²) in [5.41, 5.74) is -0.957. The van der Waals surface area contributed by atoms with E-state index in [0.717, 1.165) is 6.07 Å². The number of fused-ring (bicyclic) bond motifs is 1. The Morgan fingerprint density at radius 2 is 1.90 bits per heavy atom. The Kier molecular flexibility index (Phi) is 7.11. The topological polar surface area (TPSA) is 99.8 Å². The quantitative estimate of drug-likeness (QED) is 0.453. The number of H-pyrrole nitrogens is 1. The van der Waals surface area contributed by atoms with Gasteiger partial charge in [0.25, 0.3) is 5.56 Å². The lowest BCUT2D eigenvalue weighted by molar-refractivity contribution is -0.137. The Hall–Kier alpha value is -3.14. The van der Waals surface area contributed by atoms with Gasteiger partial charge in [-0.15, -0.1) is 0 Å². The zero-order valence-corrected chi connectivity index (χ0v) is 17.0. The van der Waals surface area contributed by atoms with Gasteiger partial charge >= 0.3 is 6.18 Å². The largest absolute Gasteiger partial charge is 0.417 e. The van der Waals surface area contributed by atoms with E-state index in [2.05, 4.69) is 25.8 Å². The van der Waals surface area contributed by atoms with E-state index in [1.165, 1.54) is 0 Å². The van der Waals surface area contributed by atoms with Crippen LogP contribution < -0.4 is 16.2 Å². The van der Waals surface area contributed by atoms with Crippen LogP contribution in [0.3, 0.4) is 0 Å². The van der Waals surface area contributed by atoms with Gasteiger partial charge in [0.2, 0.25) is 5.91 Å². The third kappa shape index (κ3) is 5.94. The van der Waals surface area contributed by atoms with Crippen LogP contribution in [0.25, 0.3) is 10.8 Å². The molecule has 1 amide bonds. The van der Waals surface area contributed by atoms with Crippen molar-refractivity contribution >= 4 is 34.1 Å². The molecule has 0 unspecified atom stereocenters. The lowest BCUT2D eigenvalue weighted by Crippen LogP contribution is -2.26. The van der Waals surface area contributed by atoms with Crippen LogP contribution in [0.4, 0.5) is 19.0 Å². The van der Waals surface area contributed by atoms with Crippen molar-refractivity contribution in [1.82, 2.24) is 20.5 Å². The SMILES string of the molecule is O=C(CCc1ncc(C(F)(F)F)cc1Cl)NCCCNc1n[nH]c(=O)c2ccccc12. The van der Waals surface area contributed by atoms with Gasteiger partial charge in [0, 0.05) is 31.1 Å². The second-order valence-electron chi connectivity index (χ2n) is 6.73. The van der Waals surface area contributed by atoms with Gasteiger partial charge in [-0.25, -0.2) is 5.10 Å². The third-order valence-corrected chi connectivity index (χ3v) is 4.83. The highest BCUT2D eigenvalue weighted by atomic mass is 35.5. The average Bonchev–Trinajstić information content (AvgIpc) is 2.73. The molecule has 0 saturated carbocycles. The summed E-state index contributed by atoms with van der Waals surface area (Å²) in [6.07, 6.45) is -3.02. The summed E-state index contributed by atoms with van der Waals surface area (Å²) in [7, 11) is 0. The molecule has 3 N–H and O–H groups in total. The number of carbonyl (C=O) groups is 1. The maximum absolute atomic E-state index is 12.6. The van der Waals surface area contributed by atoms with E-state index >= 15 is 0 Å². The van der Waals surface area contributed by atoms with Crippen molar-refractivity contribution in [3.05, 3.63) is 63.2 Å². The number of benzene rings is 1. The van der Waals surface area contributed by atoms with Gasteiger partial charge in [-0.3, -0.25) is 14.6 Å². The second kappa shape index (κ2) is 9.78. The van der Waals surface area contributed by atoms with E-state index in [4.69, 9.17) is 11.6 Å². The summed E-state index contributed by atoms with van der Waals surface area (Å²) in [4.78, 5) is 27.5. The van der Waals surface area contributed by atoms with Crippen molar-refractivity contribution in [1.29, 1.82) is 0 Å². The smallest absolute Gasteiger partial charge is 0.368 e. The molecule has 3 aromatic rings. The molecule has 11 heteroatoms. The van der Waals surface area contributed by atoms with Gasteiger partial charge in [-0.2, -0.15) is 18.3 Å². The van der Waals surface area contributed by atoms with E-state index in [9.17, 15) is 22.8 Å². The van der Waals surface area contributed by atoms with Crippen molar-refractivity contribution in [2.75, 3.05) is 18.4 Å². The second-order valence-corrected chi connectivity index (χ2v) is 7.13. The Labute approximate surface area is 180 Å². The summed E-state index contributed by atoms with van der Waals surface area (Å²) >= 11 is 5.84. The first kappa shape index (κ1) is 22.5. The molecule has 0 aliphatic carbocycles. The van der Waals surface area contributed by atoms with Crippen molar-refractivity contribution in [3.63, 3.8) is 0 Å². The molecule has 0 radical (unpaired) electrons. The van der Waals surface area contributed by atoms with Crippen molar-refractivity contribution < 1.29 is 18.0 Å². The first-order chi connectivity index (χ1) is 14.8. The number of amides is 1. The first-order valence-corrected chi connectivity index (χ1v) is 9.83. The average molecular weight is 454 g/mol. The molecule has 0 aliphatic heterocycles. The highest BCUT2D eigenvalue weighted by Gasteiger charge is 2.31. The van der Waals surface area contributed by atoms with Crippen LogP contribution in [-0.2, 0) is 17.4 Å². The summed E-state index contributed by atoms with van der Waals surface area (Å²) in [5.74, 6) is 0.287. The summed E-state index contributed by atoms with van der Waals surface area (Å²) in [6, 6.07) is 7.89. The number of hydrogen-bond donors (Lipinski definition) is 3. The highest BCUT2D eigenvalue weighted by Crippen LogP contribution is 2.31. The number of aromatic amines is 1. The number of halogens is 4. The number of aromatic nitrogens is 3. The lowest BCUT2D eigenvalue weighted by Gasteiger charge is -2.10. The molecule has 164 valence electrons. The van der Waals surface area contributed by atoms with Gasteiger partial charge in [0.15, 0.2) is 5.82 Å². The van der Waals surface area contributed by atoms with Gasteiger partial charge in [0.05, 0.1) is 21.7 Å². The number of alkyl halides is 3. The molecule has 0 fully saturated rings. The van der Waals surface area contributed by atoms with Crippen LogP contribution >= 0.6 is 11.6 Å². The van der Waals surface area contributed by atoms with Gasteiger partial charge in [0.1, 0.15) is 0 Å². The summed E-state index contributed by atoms with van der Waals surface area (Å²) in [6.45, 7) is 0.900. The Morgan fingerprint density at radius 3 is 2.61 bits per heavy atom. The summed E-state index contributed by atoms with van der Waals surface area (Å²) < 4.78 is 37.9. The maximum atomic E-state index is 12.6. The third-order valence-electron chi connectivity index (χ3n) is 4.50. The number of aryl methyl sites for hydroxylation is 1. The normalized spacial score (nSPS) is 11.5. The number of anilines is 1. The molecular formula is C20H19ClF3N5O2. The lowest BCUT2D eigenvalue weighted by atomic mass is 10.1. The minimum absolute atomic E-state index is 0.0532. The van der Waals surface area contributed by atoms with Crippen LogP contribution in [0, 0.1) is 0 Å². The van der Waals surface area contributed by atoms with Crippen LogP contribution in [-0.4, -0.2) is 34.2 Å². The molecule has 0 spiro atoms. The summed E-state index contributed by atoms with van der Waals surface area (Å²) in [5, 5.41) is 13.4. The van der Waals surface area contributed by atoms with Crippen molar-refractivity contribution in [2.24, 2.45) is 0 Å². The molecule has 0 atom stereocenters. The number of pyridine rings is 1. The number of rotatable bonds is 8. The molecular weight excluding hydrogens is 435 g/mol. The maximum Gasteiger partial charge on any atom is 0.417 e.